The molecule has 1 rings (SSSR count). The van der Waals surface area contributed by atoms with Gasteiger partial charge in [-0.3, -0.25) is 4.79 Å². The molecular formula is C5H5NO3S. The fraction of sp³-hybridized carbons (Fsp3) is 0.200. The van der Waals surface area contributed by atoms with Crippen molar-refractivity contribution in [3.05, 3.63) is 16.1 Å². The average Bonchev–Trinajstić information content (AvgIpc) is 2.34. The summed E-state index contributed by atoms with van der Waals surface area (Å²) in [6.45, 7) is 0. The van der Waals surface area contributed by atoms with Gasteiger partial charge in [0.2, 0.25) is 0 Å². The van der Waals surface area contributed by atoms with Crippen LogP contribution in [0.15, 0.2) is 6.20 Å². The lowest BCUT2D eigenvalue weighted by atomic mass is 10.5. The summed E-state index contributed by atoms with van der Waals surface area (Å²) < 4.78 is 0. The highest BCUT2D eigenvalue weighted by atomic mass is 32.1. The Bertz CT molecular complexity index is 233. The van der Waals surface area contributed by atoms with E-state index in [1.54, 1.807) is 0 Å². The quantitative estimate of drug-likeness (QED) is 0.468. The fourth-order valence-corrected chi connectivity index (χ4v) is 1.08. The normalized spacial score (nSPS) is 10.3. The predicted octanol–water partition coefficient (Wildman–Crippen LogP) is -0.0612. The van der Waals surface area contributed by atoms with Crippen LogP contribution in [0.3, 0.4) is 0 Å². The van der Waals surface area contributed by atoms with Gasteiger partial charge in [0.1, 0.15) is 0 Å². The highest BCUT2D eigenvalue weighted by Gasteiger charge is 2.06. The number of aliphatic hydroxyl groups is 2. The van der Waals surface area contributed by atoms with Crippen molar-refractivity contribution in [1.82, 2.24) is 4.98 Å². The molecule has 0 aliphatic carbocycles. The van der Waals surface area contributed by atoms with Crippen molar-refractivity contribution in [1.29, 1.82) is 0 Å². The van der Waals surface area contributed by atoms with E-state index in [2.05, 4.69) is 4.98 Å². The number of aromatic nitrogens is 1. The number of carbonyl (C=O) groups excluding carboxylic acids is 1. The number of hydrogen-bond donors (Lipinski definition) is 2. The van der Waals surface area contributed by atoms with Crippen LogP contribution >= 0.6 is 11.3 Å². The summed E-state index contributed by atoms with van der Waals surface area (Å²) in [6, 6.07) is 0. The first-order valence-corrected chi connectivity index (χ1v) is 3.32. The van der Waals surface area contributed by atoms with E-state index in [0.717, 1.165) is 11.3 Å². The van der Waals surface area contributed by atoms with Gasteiger partial charge in [-0.15, -0.1) is 11.3 Å². The van der Waals surface area contributed by atoms with Crippen molar-refractivity contribution in [3.63, 3.8) is 0 Å². The standard InChI is InChI=1S/C5H5NO3S/c7-2-4-6-1-3(10-4)5(8)9/h1-2,5,8-9H. The molecule has 0 amide bonds. The Morgan fingerprint density at radius 3 is 2.70 bits per heavy atom. The molecule has 1 aromatic heterocycles. The summed E-state index contributed by atoms with van der Waals surface area (Å²) in [5.74, 6) is 0. The lowest BCUT2D eigenvalue weighted by Crippen LogP contribution is -1.88. The molecule has 0 aliphatic heterocycles. The summed E-state index contributed by atoms with van der Waals surface area (Å²) in [5.41, 5.74) is 0. The van der Waals surface area contributed by atoms with Gasteiger partial charge >= 0.3 is 0 Å². The topological polar surface area (TPSA) is 70.4 Å². The number of carbonyl (C=O) groups is 1. The molecule has 1 heterocycles. The van der Waals surface area contributed by atoms with E-state index in [-0.39, 0.29) is 9.88 Å². The van der Waals surface area contributed by atoms with Crippen molar-refractivity contribution >= 4 is 17.6 Å². The molecule has 0 fully saturated rings. The molecule has 2 N–H and O–H groups in total. The maximum Gasteiger partial charge on any atom is 0.189 e. The number of hydrogen-bond acceptors (Lipinski definition) is 5. The van der Waals surface area contributed by atoms with Crippen molar-refractivity contribution in [2.75, 3.05) is 0 Å². The maximum atomic E-state index is 10.0. The van der Waals surface area contributed by atoms with E-state index in [9.17, 15) is 4.79 Å². The third-order valence-corrected chi connectivity index (χ3v) is 1.86. The first-order chi connectivity index (χ1) is 4.74. The van der Waals surface area contributed by atoms with Crippen LogP contribution in [0.25, 0.3) is 0 Å². The van der Waals surface area contributed by atoms with E-state index in [1.165, 1.54) is 6.20 Å². The molecule has 0 aliphatic rings. The van der Waals surface area contributed by atoms with Crippen molar-refractivity contribution in [2.45, 2.75) is 6.29 Å². The second-order valence-corrected chi connectivity index (χ2v) is 2.69. The van der Waals surface area contributed by atoms with Crippen LogP contribution in [-0.4, -0.2) is 21.5 Å². The van der Waals surface area contributed by atoms with Crippen LogP contribution in [0.1, 0.15) is 21.0 Å². The van der Waals surface area contributed by atoms with E-state index in [1.807, 2.05) is 0 Å². The summed E-state index contributed by atoms with van der Waals surface area (Å²) in [7, 11) is 0. The van der Waals surface area contributed by atoms with Crippen LogP contribution in [0.2, 0.25) is 0 Å². The van der Waals surface area contributed by atoms with E-state index in [4.69, 9.17) is 10.2 Å². The Hall–Kier alpha value is -0.780. The zero-order valence-electron chi connectivity index (χ0n) is 4.89. The van der Waals surface area contributed by atoms with Crippen LogP contribution in [0.5, 0.6) is 0 Å². The number of nitrogens with zero attached hydrogens (tertiary/aromatic N) is 1. The Kier molecular flexibility index (Phi) is 2.10. The second kappa shape index (κ2) is 2.87. The fourth-order valence-electron chi connectivity index (χ4n) is 0.475. The first-order valence-electron chi connectivity index (χ1n) is 2.51. The minimum Gasteiger partial charge on any atom is -0.364 e. The van der Waals surface area contributed by atoms with Gasteiger partial charge in [-0.2, -0.15) is 0 Å². The number of aldehydes is 1. The van der Waals surface area contributed by atoms with Gasteiger partial charge in [0, 0.05) is 6.20 Å². The molecule has 0 aromatic carbocycles. The molecule has 4 nitrogen and oxygen atoms in total. The van der Waals surface area contributed by atoms with Crippen LogP contribution < -0.4 is 0 Å². The molecule has 0 radical (unpaired) electrons. The van der Waals surface area contributed by atoms with Gasteiger partial charge in [-0.05, 0) is 0 Å². The van der Waals surface area contributed by atoms with Gasteiger partial charge in [-0.25, -0.2) is 4.98 Å². The first kappa shape index (κ1) is 7.33. The molecule has 10 heavy (non-hydrogen) atoms. The van der Waals surface area contributed by atoms with Gasteiger partial charge in [0.05, 0.1) is 4.88 Å². The molecule has 5 heteroatoms. The van der Waals surface area contributed by atoms with Gasteiger partial charge in [-0.1, -0.05) is 0 Å². The van der Waals surface area contributed by atoms with E-state index >= 15 is 0 Å². The molecule has 1 aromatic rings. The molecule has 0 spiro atoms. The molecule has 0 bridgehead atoms. The van der Waals surface area contributed by atoms with Crippen LogP contribution in [-0.2, 0) is 0 Å². The highest BCUT2D eigenvalue weighted by molar-refractivity contribution is 7.13. The Morgan fingerprint density at radius 1 is 1.70 bits per heavy atom. The summed E-state index contributed by atoms with van der Waals surface area (Å²) >= 11 is 0.962. The van der Waals surface area contributed by atoms with Gasteiger partial charge in [0.25, 0.3) is 0 Å². The zero-order chi connectivity index (χ0) is 7.56. The minimum absolute atomic E-state index is 0.253. The molecule has 54 valence electrons. The van der Waals surface area contributed by atoms with Crippen LogP contribution in [0, 0.1) is 0 Å². The van der Waals surface area contributed by atoms with E-state index in [0.29, 0.717) is 6.29 Å². The minimum atomic E-state index is -1.52. The van der Waals surface area contributed by atoms with E-state index < -0.39 is 6.29 Å². The Balaban J connectivity index is 2.88. The highest BCUT2D eigenvalue weighted by Crippen LogP contribution is 2.16. The number of aliphatic hydroxyl groups excluding tert-OH is 1. The largest absolute Gasteiger partial charge is 0.364 e. The molecule has 0 atom stereocenters. The number of rotatable bonds is 2. The van der Waals surface area contributed by atoms with Crippen molar-refractivity contribution < 1.29 is 15.0 Å². The third kappa shape index (κ3) is 1.38. The lowest BCUT2D eigenvalue weighted by Gasteiger charge is -1.93. The molecule has 0 saturated heterocycles. The van der Waals surface area contributed by atoms with Crippen molar-refractivity contribution in [3.8, 4) is 0 Å². The second-order valence-electron chi connectivity index (χ2n) is 1.59. The smallest absolute Gasteiger partial charge is 0.189 e. The maximum absolute atomic E-state index is 10.0. The monoisotopic (exact) mass is 159 g/mol. The SMILES string of the molecule is O=Cc1ncc(C(O)O)s1. The summed E-state index contributed by atoms with van der Waals surface area (Å²) in [6.07, 6.45) is 0.307. The molecule has 0 saturated carbocycles. The number of thiazole rings is 1. The summed E-state index contributed by atoms with van der Waals surface area (Å²) in [4.78, 5) is 13.9. The van der Waals surface area contributed by atoms with Gasteiger partial charge < -0.3 is 10.2 Å². The average molecular weight is 159 g/mol. The van der Waals surface area contributed by atoms with Gasteiger partial charge in [0.15, 0.2) is 17.6 Å². The summed E-state index contributed by atoms with van der Waals surface area (Å²) in [5, 5.41) is 17.3. The third-order valence-electron chi connectivity index (χ3n) is 0.897. The van der Waals surface area contributed by atoms with Crippen LogP contribution in [0.4, 0.5) is 0 Å². The Morgan fingerprint density at radius 2 is 2.40 bits per heavy atom. The Labute approximate surface area is 60.8 Å². The molecular weight excluding hydrogens is 154 g/mol. The molecule has 0 unspecified atom stereocenters. The predicted molar refractivity (Wildman–Crippen MR) is 34.7 cm³/mol. The zero-order valence-corrected chi connectivity index (χ0v) is 5.71. The lowest BCUT2D eigenvalue weighted by molar-refractivity contribution is -0.0396. The van der Waals surface area contributed by atoms with Crippen molar-refractivity contribution in [2.24, 2.45) is 0 Å².